The molecule has 31 valence electrons. The van der Waals surface area contributed by atoms with Crippen molar-refractivity contribution in [3.05, 3.63) is 0 Å². The van der Waals surface area contributed by atoms with Crippen LogP contribution < -0.4 is 0 Å². The molecule has 0 aromatic rings. The summed E-state index contributed by atoms with van der Waals surface area (Å²) in [5.41, 5.74) is 0. The monoisotopic (exact) mass is 155 g/mol. The van der Waals surface area contributed by atoms with E-state index in [1.165, 1.54) is 0 Å². The normalized spacial score (nSPS) is 4.20. The summed E-state index contributed by atoms with van der Waals surface area (Å²) in [4.78, 5) is 0. The molecule has 0 amide bonds. The van der Waals surface area contributed by atoms with Crippen LogP contribution in [-0.2, 0) is 24.3 Å². The Balaban J connectivity index is 0. The van der Waals surface area contributed by atoms with E-state index >= 15 is 0 Å². The van der Waals surface area contributed by atoms with E-state index in [1.54, 1.807) is 6.92 Å². The van der Waals surface area contributed by atoms with Gasteiger partial charge in [0.15, 0.2) is 0 Å². The van der Waals surface area contributed by atoms with Gasteiger partial charge in [-0.25, -0.2) is 0 Å². The molecule has 0 aliphatic heterocycles. The quantitative estimate of drug-likeness (QED) is 0.495. The molecule has 0 aromatic heterocycles. The van der Waals surface area contributed by atoms with Crippen molar-refractivity contribution in [3.63, 3.8) is 0 Å². The van der Waals surface area contributed by atoms with Crippen molar-refractivity contribution in [3.8, 4) is 0 Å². The Hall–Kier alpha value is 0.500. The molecule has 0 atom stereocenters. The average molecular weight is 155 g/mol. The van der Waals surface area contributed by atoms with E-state index < -0.39 is 0 Å². The molecule has 0 aliphatic rings. The standard InChI is InChI=1S/C2H6O.Nb.O/c1-2-3;;/h3H,2H2,1H3;;. The summed E-state index contributed by atoms with van der Waals surface area (Å²) in [6, 6.07) is 0. The van der Waals surface area contributed by atoms with E-state index in [0.29, 0.717) is 21.0 Å². The number of aliphatic hydroxyl groups is 1. The predicted octanol–water partition coefficient (Wildman–Crippen LogP) is -0.123. The average Bonchev–Trinajstić information content (AvgIpc) is 1.46. The molecule has 2 nitrogen and oxygen atoms in total. The van der Waals surface area contributed by atoms with Gasteiger partial charge in [0.1, 0.15) is 0 Å². The van der Waals surface area contributed by atoms with Gasteiger partial charge in [0.05, 0.1) is 0 Å². The summed E-state index contributed by atoms with van der Waals surface area (Å²) in [7, 11) is 0. The fourth-order valence-electron chi connectivity index (χ4n) is 0. The number of hydrogen-bond acceptors (Lipinski definition) is 2. The third-order valence-electron chi connectivity index (χ3n) is 0. The van der Waals surface area contributed by atoms with Gasteiger partial charge in [-0.05, 0) is 6.92 Å². The summed E-state index contributed by atoms with van der Waals surface area (Å²) < 4.78 is 8.30. The molecule has 0 saturated carbocycles. The third kappa shape index (κ3) is 112. The van der Waals surface area contributed by atoms with Crippen molar-refractivity contribution in [2.45, 2.75) is 6.92 Å². The number of hydrogen-bond donors (Lipinski definition) is 1. The van der Waals surface area contributed by atoms with E-state index in [2.05, 4.69) is 0 Å². The van der Waals surface area contributed by atoms with Gasteiger partial charge in [-0.3, -0.25) is 0 Å². The second-order valence-corrected chi connectivity index (χ2v) is 0.316. The zero-order valence-electron chi connectivity index (χ0n) is 3.01. The topological polar surface area (TPSA) is 37.3 Å². The van der Waals surface area contributed by atoms with Crippen molar-refractivity contribution in [2.75, 3.05) is 6.61 Å². The van der Waals surface area contributed by atoms with Crippen LogP contribution in [0.25, 0.3) is 0 Å². The Labute approximate surface area is 43.4 Å². The van der Waals surface area contributed by atoms with Crippen LogP contribution in [0.3, 0.4) is 0 Å². The maximum atomic E-state index is 8.30. The van der Waals surface area contributed by atoms with Crippen LogP contribution in [0.1, 0.15) is 6.92 Å². The first-order valence-electron chi connectivity index (χ1n) is 1.21. The van der Waals surface area contributed by atoms with Gasteiger partial charge in [-0.1, -0.05) is 0 Å². The molecule has 0 heterocycles. The molecule has 0 rings (SSSR count). The Morgan fingerprint density at radius 1 is 1.80 bits per heavy atom. The number of rotatable bonds is 0. The maximum absolute atomic E-state index is 8.30. The van der Waals surface area contributed by atoms with E-state index in [-0.39, 0.29) is 6.61 Å². The molecule has 0 unspecified atom stereocenters. The Morgan fingerprint density at radius 3 is 1.80 bits per heavy atom. The Kier molecular flexibility index (Phi) is 44.5. The molecule has 0 bridgehead atoms. The van der Waals surface area contributed by atoms with Crippen molar-refractivity contribution in [2.24, 2.45) is 0 Å². The first kappa shape index (κ1) is 9.09. The van der Waals surface area contributed by atoms with Gasteiger partial charge in [-0.2, -0.15) is 0 Å². The summed E-state index contributed by atoms with van der Waals surface area (Å²) >= 11 is 0.500. The molecule has 3 heteroatoms. The molecular weight excluding hydrogens is 149 g/mol. The molecule has 0 saturated heterocycles. The van der Waals surface area contributed by atoms with Gasteiger partial charge >= 0.3 is 24.3 Å². The second-order valence-electron chi connectivity index (χ2n) is 0.316. The molecular formula is C2H6NbO2. The molecule has 0 spiro atoms. The van der Waals surface area contributed by atoms with E-state index in [9.17, 15) is 0 Å². The van der Waals surface area contributed by atoms with Crippen LogP contribution in [0.5, 0.6) is 0 Å². The SMILES string of the molecule is CCO.[O]=[Nb]. The van der Waals surface area contributed by atoms with Crippen molar-refractivity contribution in [1.29, 1.82) is 0 Å². The Morgan fingerprint density at radius 2 is 1.80 bits per heavy atom. The zero-order chi connectivity index (χ0) is 4.71. The van der Waals surface area contributed by atoms with Crippen LogP contribution in [0.15, 0.2) is 0 Å². The summed E-state index contributed by atoms with van der Waals surface area (Å²) in [6.45, 7) is 1.93. The summed E-state index contributed by atoms with van der Waals surface area (Å²) in [5, 5.41) is 7.57. The molecule has 5 heavy (non-hydrogen) atoms. The summed E-state index contributed by atoms with van der Waals surface area (Å²) in [5.74, 6) is 0. The number of aliphatic hydroxyl groups excluding tert-OH is 1. The molecule has 0 aromatic carbocycles. The van der Waals surface area contributed by atoms with E-state index in [4.69, 9.17) is 8.36 Å². The van der Waals surface area contributed by atoms with Crippen molar-refractivity contribution in [1.82, 2.24) is 0 Å². The predicted molar refractivity (Wildman–Crippen MR) is 13.4 cm³/mol. The second kappa shape index (κ2) is 24.5. The van der Waals surface area contributed by atoms with E-state index in [1.807, 2.05) is 0 Å². The fraction of sp³-hybridized carbons (Fsp3) is 1.00. The fourth-order valence-corrected chi connectivity index (χ4v) is 0. The van der Waals surface area contributed by atoms with Gasteiger partial charge in [-0.15, -0.1) is 0 Å². The van der Waals surface area contributed by atoms with Crippen LogP contribution in [0.4, 0.5) is 0 Å². The minimum absolute atomic E-state index is 0.250. The third-order valence-corrected chi connectivity index (χ3v) is 0. The first-order valence-corrected chi connectivity index (χ1v) is 2.10. The Bertz CT molecular complexity index is 11.6. The molecule has 1 N–H and O–H groups in total. The first-order chi connectivity index (χ1) is 2.41. The van der Waals surface area contributed by atoms with Gasteiger partial charge in [0.2, 0.25) is 0 Å². The minimum atomic E-state index is 0.250. The van der Waals surface area contributed by atoms with Crippen LogP contribution >= 0.6 is 0 Å². The van der Waals surface area contributed by atoms with Gasteiger partial charge < -0.3 is 5.11 Å². The summed E-state index contributed by atoms with van der Waals surface area (Å²) in [6.07, 6.45) is 0. The van der Waals surface area contributed by atoms with E-state index in [0.717, 1.165) is 0 Å². The zero-order valence-corrected chi connectivity index (χ0v) is 5.21. The van der Waals surface area contributed by atoms with Crippen LogP contribution in [0, 0.1) is 0 Å². The van der Waals surface area contributed by atoms with Crippen molar-refractivity contribution < 1.29 is 29.4 Å². The van der Waals surface area contributed by atoms with Crippen LogP contribution in [-0.4, -0.2) is 11.7 Å². The van der Waals surface area contributed by atoms with Gasteiger partial charge in [0, 0.05) is 6.61 Å². The van der Waals surface area contributed by atoms with Crippen molar-refractivity contribution >= 4 is 0 Å². The molecule has 0 fully saturated rings. The molecule has 0 radical (unpaired) electrons. The van der Waals surface area contributed by atoms with Gasteiger partial charge in [0.25, 0.3) is 0 Å². The van der Waals surface area contributed by atoms with Crippen LogP contribution in [0.2, 0.25) is 0 Å². The molecule has 0 aliphatic carbocycles.